The highest BCUT2D eigenvalue weighted by molar-refractivity contribution is 5.33. The van der Waals surface area contributed by atoms with Gasteiger partial charge in [0.1, 0.15) is 11.6 Å². The number of methoxy groups -OCH3 is 1. The molecule has 2 atom stereocenters. The summed E-state index contributed by atoms with van der Waals surface area (Å²) in [5.41, 5.74) is 0.910. The summed E-state index contributed by atoms with van der Waals surface area (Å²) in [6.45, 7) is 1.18. The van der Waals surface area contributed by atoms with Crippen molar-refractivity contribution < 1.29 is 9.13 Å². The summed E-state index contributed by atoms with van der Waals surface area (Å²) in [7, 11) is 1.69. The minimum absolute atomic E-state index is 0.0787. The molecule has 1 fully saturated rings. The lowest BCUT2D eigenvalue weighted by Gasteiger charge is -2.22. The van der Waals surface area contributed by atoms with Gasteiger partial charge in [-0.15, -0.1) is 0 Å². The Morgan fingerprint density at radius 3 is 3.05 bits per heavy atom. The number of nitrogens with one attached hydrogen (secondary N) is 1. The Hall–Kier alpha value is -2.23. The van der Waals surface area contributed by atoms with Crippen LogP contribution >= 0.6 is 0 Å². The first-order valence-corrected chi connectivity index (χ1v) is 7.16. The third kappa shape index (κ3) is 2.86. The number of hydrogen-bond acceptors (Lipinski definition) is 4. The first-order valence-electron chi connectivity index (χ1n) is 7.16. The van der Waals surface area contributed by atoms with E-state index in [9.17, 15) is 4.39 Å². The summed E-state index contributed by atoms with van der Waals surface area (Å²) in [4.78, 5) is 9.60. The summed E-state index contributed by atoms with van der Waals surface area (Å²) < 4.78 is 19.6. The molecule has 1 unspecified atom stereocenters. The van der Waals surface area contributed by atoms with E-state index in [4.69, 9.17) is 10.00 Å². The summed E-state index contributed by atoms with van der Waals surface area (Å²) in [5.74, 6) is 0.520. The number of nitriles is 1. The van der Waals surface area contributed by atoms with Crippen molar-refractivity contribution in [3.63, 3.8) is 0 Å². The van der Waals surface area contributed by atoms with Gasteiger partial charge in [-0.3, -0.25) is 4.90 Å². The quantitative estimate of drug-likeness (QED) is 0.941. The van der Waals surface area contributed by atoms with Gasteiger partial charge in [-0.2, -0.15) is 5.26 Å². The molecule has 1 aromatic carbocycles. The van der Waals surface area contributed by atoms with Gasteiger partial charge in [0.15, 0.2) is 0 Å². The van der Waals surface area contributed by atoms with Crippen LogP contribution in [0.2, 0.25) is 0 Å². The Morgan fingerprint density at radius 2 is 2.41 bits per heavy atom. The maximum Gasteiger partial charge on any atom is 0.129 e. The number of hydrogen-bond donors (Lipinski definition) is 1. The normalized spacial score (nSPS) is 21.9. The molecule has 0 radical (unpaired) electrons. The Morgan fingerprint density at radius 1 is 1.55 bits per heavy atom. The zero-order chi connectivity index (χ0) is 15.5. The molecule has 1 N–H and O–H groups in total. The van der Waals surface area contributed by atoms with Gasteiger partial charge in [-0.1, -0.05) is 6.07 Å². The number of likely N-dealkylation sites (tertiary alicyclic amines) is 1. The van der Waals surface area contributed by atoms with Crippen LogP contribution < -0.4 is 0 Å². The topological polar surface area (TPSA) is 64.9 Å². The minimum Gasteiger partial charge on any atom is -0.380 e. The molecule has 1 aliphatic rings. The second-order valence-electron chi connectivity index (χ2n) is 5.43. The molecule has 114 valence electrons. The molecular weight excluding hydrogens is 283 g/mol. The summed E-state index contributed by atoms with van der Waals surface area (Å²) >= 11 is 0. The third-order valence-corrected chi connectivity index (χ3v) is 4.09. The number of H-pyrrole nitrogens is 1. The molecule has 3 rings (SSSR count). The van der Waals surface area contributed by atoms with E-state index in [1.165, 1.54) is 6.07 Å². The van der Waals surface area contributed by atoms with Gasteiger partial charge >= 0.3 is 0 Å². The van der Waals surface area contributed by atoms with Crippen LogP contribution in [0.25, 0.3) is 0 Å². The highest BCUT2D eigenvalue weighted by Gasteiger charge is 2.34. The highest BCUT2D eigenvalue weighted by Crippen LogP contribution is 2.33. The fraction of sp³-hybridized carbons (Fsp3) is 0.375. The first-order chi connectivity index (χ1) is 10.7. The second kappa shape index (κ2) is 6.26. The number of aromatic nitrogens is 2. The monoisotopic (exact) mass is 300 g/mol. The molecule has 0 bridgehead atoms. The Bertz CT molecular complexity index is 680. The van der Waals surface area contributed by atoms with Crippen LogP contribution in [0, 0.1) is 17.1 Å². The average Bonchev–Trinajstić information content (AvgIpc) is 3.18. The SMILES string of the molecule is CO[C@@H]1CC(c2ncc[nH]2)N(Cc2ccc(C#N)cc2F)C1. The molecule has 1 aliphatic heterocycles. The van der Waals surface area contributed by atoms with Crippen molar-refractivity contribution in [2.24, 2.45) is 0 Å². The third-order valence-electron chi connectivity index (χ3n) is 4.09. The lowest BCUT2D eigenvalue weighted by Crippen LogP contribution is -2.25. The van der Waals surface area contributed by atoms with Crippen molar-refractivity contribution in [1.29, 1.82) is 5.26 Å². The lowest BCUT2D eigenvalue weighted by molar-refractivity contribution is 0.107. The Labute approximate surface area is 128 Å². The summed E-state index contributed by atoms with van der Waals surface area (Å²) in [5, 5.41) is 8.81. The molecule has 22 heavy (non-hydrogen) atoms. The smallest absolute Gasteiger partial charge is 0.129 e. The number of benzene rings is 1. The van der Waals surface area contributed by atoms with Gasteiger partial charge in [-0.25, -0.2) is 9.37 Å². The van der Waals surface area contributed by atoms with E-state index in [1.54, 1.807) is 31.6 Å². The van der Waals surface area contributed by atoms with Crippen molar-refractivity contribution in [2.45, 2.75) is 25.1 Å². The van der Waals surface area contributed by atoms with Gasteiger partial charge in [0.25, 0.3) is 0 Å². The lowest BCUT2D eigenvalue weighted by atomic mass is 10.1. The maximum absolute atomic E-state index is 14.1. The highest BCUT2D eigenvalue weighted by atomic mass is 19.1. The van der Waals surface area contributed by atoms with Crippen molar-refractivity contribution in [1.82, 2.24) is 14.9 Å². The van der Waals surface area contributed by atoms with Crippen LogP contribution in [0.4, 0.5) is 4.39 Å². The van der Waals surface area contributed by atoms with Gasteiger partial charge in [0.2, 0.25) is 0 Å². The van der Waals surface area contributed by atoms with E-state index in [-0.39, 0.29) is 18.0 Å². The number of aromatic amines is 1. The predicted octanol–water partition coefficient (Wildman–Crippen LogP) is 2.38. The zero-order valence-corrected chi connectivity index (χ0v) is 12.3. The van der Waals surface area contributed by atoms with Gasteiger partial charge in [-0.05, 0) is 18.6 Å². The largest absolute Gasteiger partial charge is 0.380 e. The van der Waals surface area contributed by atoms with Crippen LogP contribution in [-0.2, 0) is 11.3 Å². The van der Waals surface area contributed by atoms with E-state index in [2.05, 4.69) is 14.9 Å². The van der Waals surface area contributed by atoms with Crippen LogP contribution in [0.3, 0.4) is 0 Å². The molecule has 5 nitrogen and oxygen atoms in total. The average molecular weight is 300 g/mol. The Kier molecular flexibility index (Phi) is 4.18. The van der Waals surface area contributed by atoms with Crippen LogP contribution in [0.1, 0.15) is 29.4 Å². The van der Waals surface area contributed by atoms with Gasteiger partial charge < -0.3 is 9.72 Å². The van der Waals surface area contributed by atoms with Gasteiger partial charge in [0, 0.05) is 38.2 Å². The first kappa shape index (κ1) is 14.7. The van der Waals surface area contributed by atoms with Crippen LogP contribution in [-0.4, -0.2) is 34.6 Å². The maximum atomic E-state index is 14.1. The van der Waals surface area contributed by atoms with Crippen LogP contribution in [0.15, 0.2) is 30.6 Å². The van der Waals surface area contributed by atoms with Crippen molar-refractivity contribution in [2.75, 3.05) is 13.7 Å². The number of ether oxygens (including phenoxy) is 1. The molecular formula is C16H17FN4O. The molecule has 0 aliphatic carbocycles. The molecule has 1 saturated heterocycles. The standard InChI is InChI=1S/C16H17FN4O/c1-22-13-7-15(16-19-4-5-20-16)21(10-13)9-12-3-2-11(8-18)6-14(12)17/h2-6,13,15H,7,9-10H2,1H3,(H,19,20)/t13-,15?/m1/s1. The number of halogens is 1. The fourth-order valence-electron chi connectivity index (χ4n) is 2.92. The van der Waals surface area contributed by atoms with E-state index in [1.807, 2.05) is 6.07 Å². The zero-order valence-electron chi connectivity index (χ0n) is 12.3. The molecule has 2 heterocycles. The molecule has 6 heteroatoms. The number of imidazole rings is 1. The number of rotatable bonds is 4. The predicted molar refractivity (Wildman–Crippen MR) is 78.3 cm³/mol. The molecule has 2 aromatic rings. The van der Waals surface area contributed by atoms with Crippen LogP contribution in [0.5, 0.6) is 0 Å². The molecule has 1 aromatic heterocycles. The fourth-order valence-corrected chi connectivity index (χ4v) is 2.92. The van der Waals surface area contributed by atoms with Crippen molar-refractivity contribution >= 4 is 0 Å². The van der Waals surface area contributed by atoms with E-state index < -0.39 is 0 Å². The molecule has 0 amide bonds. The van der Waals surface area contributed by atoms with Gasteiger partial charge in [0.05, 0.1) is 23.8 Å². The van der Waals surface area contributed by atoms with Crippen molar-refractivity contribution in [3.05, 3.63) is 53.4 Å². The van der Waals surface area contributed by atoms with E-state index >= 15 is 0 Å². The second-order valence-corrected chi connectivity index (χ2v) is 5.43. The van der Waals surface area contributed by atoms with E-state index in [0.29, 0.717) is 17.7 Å². The Balaban J connectivity index is 1.82. The summed E-state index contributed by atoms with van der Waals surface area (Å²) in [6.07, 6.45) is 4.44. The van der Waals surface area contributed by atoms with Crippen molar-refractivity contribution in [3.8, 4) is 6.07 Å². The summed E-state index contributed by atoms with van der Waals surface area (Å²) in [6, 6.07) is 6.62. The minimum atomic E-state index is -0.349. The number of nitrogens with zero attached hydrogens (tertiary/aromatic N) is 3. The molecule has 0 spiro atoms. The molecule has 0 saturated carbocycles. The van der Waals surface area contributed by atoms with E-state index in [0.717, 1.165) is 18.8 Å².